The molecule has 1 aromatic heterocycles. The summed E-state index contributed by atoms with van der Waals surface area (Å²) in [7, 11) is 2.21. The normalized spacial score (nSPS) is 21.5. The summed E-state index contributed by atoms with van der Waals surface area (Å²) in [6, 6.07) is 10.6. The van der Waals surface area contributed by atoms with E-state index < -0.39 is 0 Å². The van der Waals surface area contributed by atoms with Crippen LogP contribution in [0, 0.1) is 0 Å². The first-order chi connectivity index (χ1) is 11.2. The lowest BCUT2D eigenvalue weighted by atomic mass is 9.89. The Morgan fingerprint density at radius 1 is 1.09 bits per heavy atom. The topological polar surface area (TPSA) is 16.1 Å². The van der Waals surface area contributed by atoms with Crippen LogP contribution in [0.4, 0.5) is 0 Å². The van der Waals surface area contributed by atoms with Crippen LogP contribution in [0.25, 0.3) is 5.57 Å². The van der Waals surface area contributed by atoms with Crippen molar-refractivity contribution in [1.29, 1.82) is 0 Å². The molecular formula is C20H21ClN2. The number of rotatable bonds is 0. The summed E-state index contributed by atoms with van der Waals surface area (Å²) in [6.07, 6.45) is 6.37. The monoisotopic (exact) mass is 324 g/mol. The molecule has 23 heavy (non-hydrogen) atoms. The van der Waals surface area contributed by atoms with Gasteiger partial charge in [0.2, 0.25) is 0 Å². The summed E-state index contributed by atoms with van der Waals surface area (Å²) in [4.78, 5) is 7.18. The molecule has 0 bridgehead atoms. The molecule has 118 valence electrons. The average Bonchev–Trinajstić information content (AvgIpc) is 2.71. The second-order valence-electron chi connectivity index (χ2n) is 6.63. The van der Waals surface area contributed by atoms with E-state index in [-0.39, 0.29) is 0 Å². The summed E-state index contributed by atoms with van der Waals surface area (Å²) in [6.45, 7) is 2.22. The van der Waals surface area contributed by atoms with Crippen molar-refractivity contribution < 1.29 is 0 Å². The van der Waals surface area contributed by atoms with Crippen LogP contribution in [0.2, 0.25) is 5.02 Å². The average molecular weight is 325 g/mol. The largest absolute Gasteiger partial charge is 0.302 e. The van der Waals surface area contributed by atoms with E-state index in [1.165, 1.54) is 46.5 Å². The smallest absolute Gasteiger partial charge is 0.0740 e. The molecule has 0 atom stereocenters. The Morgan fingerprint density at radius 2 is 1.96 bits per heavy atom. The van der Waals surface area contributed by atoms with Crippen LogP contribution in [-0.2, 0) is 12.8 Å². The molecule has 0 radical (unpaired) electrons. The van der Waals surface area contributed by atoms with Gasteiger partial charge in [-0.1, -0.05) is 23.7 Å². The summed E-state index contributed by atoms with van der Waals surface area (Å²) in [5.41, 5.74) is 8.10. The van der Waals surface area contributed by atoms with Crippen LogP contribution >= 0.6 is 11.6 Å². The van der Waals surface area contributed by atoms with E-state index in [2.05, 4.69) is 36.2 Å². The fraction of sp³-hybridized carbons (Fsp3) is 0.350. The highest BCUT2D eigenvalue weighted by atomic mass is 35.5. The van der Waals surface area contributed by atoms with Crippen molar-refractivity contribution in [2.75, 3.05) is 20.1 Å². The zero-order chi connectivity index (χ0) is 15.8. The van der Waals surface area contributed by atoms with Crippen LogP contribution in [-0.4, -0.2) is 30.0 Å². The van der Waals surface area contributed by atoms with Crippen molar-refractivity contribution >= 4 is 17.2 Å². The first-order valence-electron chi connectivity index (χ1n) is 8.36. The highest BCUT2D eigenvalue weighted by Gasteiger charge is 2.24. The van der Waals surface area contributed by atoms with Crippen molar-refractivity contribution in [3.8, 4) is 0 Å². The third-order valence-electron chi connectivity index (χ3n) is 4.96. The highest BCUT2D eigenvalue weighted by Crippen LogP contribution is 2.37. The van der Waals surface area contributed by atoms with Gasteiger partial charge in [0, 0.05) is 23.3 Å². The Balaban J connectivity index is 1.97. The molecular weight excluding hydrogens is 304 g/mol. The third-order valence-corrected chi connectivity index (χ3v) is 5.20. The molecule has 4 rings (SSSR count). The molecule has 2 heterocycles. The van der Waals surface area contributed by atoms with Gasteiger partial charge in [-0.25, -0.2) is 0 Å². The van der Waals surface area contributed by atoms with E-state index in [1.807, 2.05) is 12.3 Å². The lowest BCUT2D eigenvalue weighted by Gasteiger charge is -2.27. The van der Waals surface area contributed by atoms with E-state index in [0.717, 1.165) is 30.8 Å². The van der Waals surface area contributed by atoms with Crippen molar-refractivity contribution in [3.63, 3.8) is 0 Å². The van der Waals surface area contributed by atoms with Gasteiger partial charge in [-0.3, -0.25) is 4.98 Å². The molecule has 1 aromatic carbocycles. The van der Waals surface area contributed by atoms with Gasteiger partial charge in [-0.05, 0) is 79.7 Å². The first kappa shape index (κ1) is 14.9. The first-order valence-corrected chi connectivity index (χ1v) is 8.74. The van der Waals surface area contributed by atoms with Crippen molar-refractivity contribution in [2.24, 2.45) is 0 Å². The van der Waals surface area contributed by atoms with E-state index in [4.69, 9.17) is 16.6 Å². The van der Waals surface area contributed by atoms with Gasteiger partial charge in [0.1, 0.15) is 0 Å². The molecule has 2 aromatic rings. The highest BCUT2D eigenvalue weighted by molar-refractivity contribution is 6.30. The van der Waals surface area contributed by atoms with Crippen LogP contribution in [0.3, 0.4) is 0 Å². The van der Waals surface area contributed by atoms with E-state index in [9.17, 15) is 0 Å². The molecule has 0 spiro atoms. The number of aryl methyl sites for hydroxylation is 2. The van der Waals surface area contributed by atoms with Gasteiger partial charge < -0.3 is 4.90 Å². The van der Waals surface area contributed by atoms with Crippen LogP contribution in [0.15, 0.2) is 42.1 Å². The molecule has 1 aliphatic carbocycles. The Bertz CT molecular complexity index is 779. The lowest BCUT2D eigenvalue weighted by molar-refractivity contribution is 0.323. The molecule has 1 saturated heterocycles. The van der Waals surface area contributed by atoms with Crippen LogP contribution in [0.1, 0.15) is 35.2 Å². The Kier molecular flexibility index (Phi) is 3.96. The molecule has 0 unspecified atom stereocenters. The minimum Gasteiger partial charge on any atom is -0.302 e. The van der Waals surface area contributed by atoms with Crippen LogP contribution < -0.4 is 0 Å². The zero-order valence-electron chi connectivity index (χ0n) is 13.5. The van der Waals surface area contributed by atoms with Gasteiger partial charge in [-0.15, -0.1) is 0 Å². The molecule has 1 fully saturated rings. The maximum atomic E-state index is 6.26. The number of hydrogen-bond donors (Lipinski definition) is 0. The Hall–Kier alpha value is -1.64. The number of benzene rings is 1. The van der Waals surface area contributed by atoms with Crippen molar-refractivity contribution in [2.45, 2.75) is 25.7 Å². The van der Waals surface area contributed by atoms with Gasteiger partial charge >= 0.3 is 0 Å². The number of halogens is 1. The predicted octanol–water partition coefficient (Wildman–Crippen LogP) is 4.36. The minimum atomic E-state index is 0.827. The zero-order valence-corrected chi connectivity index (χ0v) is 14.2. The van der Waals surface area contributed by atoms with E-state index in [1.54, 1.807) is 0 Å². The molecule has 0 amide bonds. The Morgan fingerprint density at radius 3 is 2.83 bits per heavy atom. The lowest BCUT2D eigenvalue weighted by Crippen LogP contribution is -2.28. The fourth-order valence-electron chi connectivity index (χ4n) is 3.88. The number of likely N-dealkylation sites (N-methyl/N-ethyl adjacent to an activating group) is 1. The number of aromatic nitrogens is 1. The second-order valence-corrected chi connectivity index (χ2v) is 7.07. The van der Waals surface area contributed by atoms with Gasteiger partial charge in [0.25, 0.3) is 0 Å². The third kappa shape index (κ3) is 2.82. The Labute approximate surface area is 142 Å². The SMILES string of the molecule is CN1CCC/C(=C2\c3ccc(Cl)cc3CCc3cccnc32)C1. The molecule has 0 saturated carbocycles. The second kappa shape index (κ2) is 6.10. The quantitative estimate of drug-likeness (QED) is 0.715. The van der Waals surface area contributed by atoms with Gasteiger partial charge in [-0.2, -0.15) is 0 Å². The van der Waals surface area contributed by atoms with E-state index >= 15 is 0 Å². The molecule has 2 aliphatic rings. The minimum absolute atomic E-state index is 0.827. The van der Waals surface area contributed by atoms with Crippen LogP contribution in [0.5, 0.6) is 0 Å². The standard InChI is InChI=1S/C20H21ClN2/c1-23-11-3-5-16(13-23)19-18-9-8-17(21)12-15(18)7-6-14-4-2-10-22-20(14)19/h2,4,8-10,12H,3,5-7,11,13H2,1H3/b19-16-. The van der Waals surface area contributed by atoms with E-state index in [0.29, 0.717) is 0 Å². The fourth-order valence-corrected chi connectivity index (χ4v) is 4.08. The van der Waals surface area contributed by atoms with Crippen molar-refractivity contribution in [1.82, 2.24) is 9.88 Å². The number of nitrogens with zero attached hydrogens (tertiary/aromatic N) is 2. The van der Waals surface area contributed by atoms with Gasteiger partial charge in [0.05, 0.1) is 5.69 Å². The number of hydrogen-bond acceptors (Lipinski definition) is 2. The molecule has 1 aliphatic heterocycles. The van der Waals surface area contributed by atoms with Crippen molar-refractivity contribution in [3.05, 3.63) is 69.5 Å². The number of likely N-dealkylation sites (tertiary alicyclic amines) is 1. The number of fused-ring (bicyclic) bond motifs is 2. The molecule has 2 nitrogen and oxygen atoms in total. The summed E-state index contributed by atoms with van der Waals surface area (Å²) in [5, 5.41) is 0.827. The molecule has 0 N–H and O–H groups in total. The summed E-state index contributed by atoms with van der Waals surface area (Å²) >= 11 is 6.26. The van der Waals surface area contributed by atoms with Gasteiger partial charge in [0.15, 0.2) is 0 Å². The number of pyridine rings is 1. The summed E-state index contributed by atoms with van der Waals surface area (Å²) in [5.74, 6) is 0. The molecule has 3 heteroatoms. The summed E-state index contributed by atoms with van der Waals surface area (Å²) < 4.78 is 0. The maximum Gasteiger partial charge on any atom is 0.0740 e. The number of piperidine rings is 1. The maximum absolute atomic E-state index is 6.26. The predicted molar refractivity (Wildman–Crippen MR) is 95.9 cm³/mol.